The third-order valence-electron chi connectivity index (χ3n) is 2.82. The average Bonchev–Trinajstić information content (AvgIpc) is 2.42. The van der Waals surface area contributed by atoms with Crippen LogP contribution in [0.5, 0.6) is 5.88 Å². The highest BCUT2D eigenvalue weighted by atomic mass is 79.9. The number of hydrogen-bond donors (Lipinski definition) is 0. The van der Waals surface area contributed by atoms with Crippen molar-refractivity contribution in [2.24, 2.45) is 0 Å². The monoisotopic (exact) mass is 317 g/mol. The topological polar surface area (TPSA) is 58.8 Å². The molecule has 0 N–H and O–H groups in total. The van der Waals surface area contributed by atoms with Gasteiger partial charge in [0.25, 0.3) is 5.88 Å². The zero-order chi connectivity index (χ0) is 13.8. The minimum absolute atomic E-state index is 0.286. The molecule has 0 aliphatic heterocycles. The van der Waals surface area contributed by atoms with Gasteiger partial charge in [0.05, 0.1) is 5.69 Å². The molecule has 0 saturated heterocycles. The minimum Gasteiger partial charge on any atom is -0.471 e. The number of nitriles is 1. The SMILES string of the molecule is Cc1nnc(OCc2ccc(Br)cc2)c(C#N)c1C. The van der Waals surface area contributed by atoms with Crippen LogP contribution in [0, 0.1) is 25.2 Å². The Balaban J connectivity index is 2.18. The summed E-state index contributed by atoms with van der Waals surface area (Å²) in [4.78, 5) is 0. The van der Waals surface area contributed by atoms with Crippen LogP contribution in [0.25, 0.3) is 0 Å². The molecule has 4 nitrogen and oxygen atoms in total. The van der Waals surface area contributed by atoms with Crippen molar-refractivity contribution >= 4 is 15.9 Å². The van der Waals surface area contributed by atoms with E-state index in [0.29, 0.717) is 12.2 Å². The molecule has 0 spiro atoms. The molecular formula is C14H12BrN3O. The summed E-state index contributed by atoms with van der Waals surface area (Å²) >= 11 is 3.38. The van der Waals surface area contributed by atoms with Crippen molar-refractivity contribution in [2.75, 3.05) is 0 Å². The smallest absolute Gasteiger partial charge is 0.252 e. The number of aromatic nitrogens is 2. The van der Waals surface area contributed by atoms with Crippen LogP contribution in [-0.2, 0) is 6.61 Å². The third-order valence-corrected chi connectivity index (χ3v) is 3.35. The molecule has 0 saturated carbocycles. The fourth-order valence-electron chi connectivity index (χ4n) is 1.55. The summed E-state index contributed by atoms with van der Waals surface area (Å²) in [5.74, 6) is 0.286. The van der Waals surface area contributed by atoms with Gasteiger partial charge in [-0.1, -0.05) is 28.1 Å². The second-order valence-electron chi connectivity index (χ2n) is 4.12. The molecule has 0 unspecified atom stereocenters. The van der Waals surface area contributed by atoms with Gasteiger partial charge in [0.1, 0.15) is 18.2 Å². The molecule has 1 aromatic heterocycles. The van der Waals surface area contributed by atoms with Gasteiger partial charge in [0, 0.05) is 4.47 Å². The van der Waals surface area contributed by atoms with E-state index in [0.717, 1.165) is 21.3 Å². The second kappa shape index (κ2) is 5.81. The van der Waals surface area contributed by atoms with Crippen LogP contribution >= 0.6 is 15.9 Å². The van der Waals surface area contributed by atoms with E-state index in [1.807, 2.05) is 38.1 Å². The van der Waals surface area contributed by atoms with E-state index in [-0.39, 0.29) is 5.88 Å². The molecule has 0 aliphatic rings. The number of benzene rings is 1. The van der Waals surface area contributed by atoms with Crippen LogP contribution in [0.2, 0.25) is 0 Å². The molecule has 1 heterocycles. The number of aryl methyl sites for hydroxylation is 1. The Morgan fingerprint density at radius 3 is 2.53 bits per heavy atom. The Bertz CT molecular complexity index is 632. The van der Waals surface area contributed by atoms with Gasteiger partial charge in [0.15, 0.2) is 0 Å². The predicted molar refractivity (Wildman–Crippen MR) is 74.7 cm³/mol. The Kier molecular flexibility index (Phi) is 4.13. The Morgan fingerprint density at radius 2 is 1.89 bits per heavy atom. The van der Waals surface area contributed by atoms with E-state index >= 15 is 0 Å². The quantitative estimate of drug-likeness (QED) is 0.871. The van der Waals surface area contributed by atoms with E-state index < -0.39 is 0 Å². The van der Waals surface area contributed by atoms with Crippen molar-refractivity contribution in [2.45, 2.75) is 20.5 Å². The molecule has 0 aliphatic carbocycles. The maximum atomic E-state index is 9.15. The fourth-order valence-corrected chi connectivity index (χ4v) is 1.82. The summed E-state index contributed by atoms with van der Waals surface area (Å²) in [6, 6.07) is 9.89. The van der Waals surface area contributed by atoms with Gasteiger partial charge < -0.3 is 4.74 Å². The first-order valence-electron chi connectivity index (χ1n) is 5.73. The Morgan fingerprint density at radius 1 is 1.21 bits per heavy atom. The largest absolute Gasteiger partial charge is 0.471 e. The highest BCUT2D eigenvalue weighted by Crippen LogP contribution is 2.20. The van der Waals surface area contributed by atoms with E-state index in [9.17, 15) is 0 Å². The normalized spacial score (nSPS) is 10.0. The van der Waals surface area contributed by atoms with Crippen LogP contribution in [0.4, 0.5) is 0 Å². The summed E-state index contributed by atoms with van der Waals surface area (Å²) < 4.78 is 6.59. The zero-order valence-electron chi connectivity index (χ0n) is 10.6. The number of ether oxygens (including phenoxy) is 1. The van der Waals surface area contributed by atoms with Gasteiger partial charge in [-0.05, 0) is 37.1 Å². The fraction of sp³-hybridized carbons (Fsp3) is 0.214. The first-order chi connectivity index (χ1) is 9.11. The molecule has 2 rings (SSSR count). The van der Waals surface area contributed by atoms with Crippen molar-refractivity contribution in [3.05, 3.63) is 51.1 Å². The highest BCUT2D eigenvalue weighted by Gasteiger charge is 2.11. The van der Waals surface area contributed by atoms with Crippen LogP contribution < -0.4 is 4.74 Å². The Labute approximate surface area is 120 Å². The molecule has 2 aromatic rings. The maximum Gasteiger partial charge on any atom is 0.252 e. The van der Waals surface area contributed by atoms with Gasteiger partial charge in [-0.15, -0.1) is 5.10 Å². The van der Waals surface area contributed by atoms with Gasteiger partial charge in [-0.2, -0.15) is 10.4 Å². The lowest BCUT2D eigenvalue weighted by atomic mass is 10.1. The number of rotatable bonds is 3. The minimum atomic E-state index is 0.286. The maximum absolute atomic E-state index is 9.15. The van der Waals surface area contributed by atoms with Crippen molar-refractivity contribution < 1.29 is 4.74 Å². The average molecular weight is 318 g/mol. The van der Waals surface area contributed by atoms with Crippen molar-refractivity contribution in [3.63, 3.8) is 0 Å². The predicted octanol–water partition coefficient (Wildman–Crippen LogP) is 3.31. The molecule has 19 heavy (non-hydrogen) atoms. The molecule has 0 radical (unpaired) electrons. The standard InChI is InChI=1S/C14H12BrN3O/c1-9-10(2)17-18-14(13(9)7-16)19-8-11-3-5-12(15)6-4-11/h3-6H,8H2,1-2H3. The highest BCUT2D eigenvalue weighted by molar-refractivity contribution is 9.10. The van der Waals surface area contributed by atoms with Crippen molar-refractivity contribution in [1.29, 1.82) is 5.26 Å². The van der Waals surface area contributed by atoms with Crippen LogP contribution in [-0.4, -0.2) is 10.2 Å². The molecule has 0 fully saturated rings. The summed E-state index contributed by atoms with van der Waals surface area (Å²) in [6.07, 6.45) is 0. The first kappa shape index (κ1) is 13.5. The van der Waals surface area contributed by atoms with E-state index in [1.54, 1.807) is 0 Å². The lowest BCUT2D eigenvalue weighted by Gasteiger charge is -2.09. The summed E-state index contributed by atoms with van der Waals surface area (Å²) in [5.41, 5.74) is 3.01. The van der Waals surface area contributed by atoms with Crippen LogP contribution in [0.1, 0.15) is 22.4 Å². The van der Waals surface area contributed by atoms with Crippen molar-refractivity contribution in [1.82, 2.24) is 10.2 Å². The number of halogens is 1. The summed E-state index contributed by atoms with van der Waals surface area (Å²) in [7, 11) is 0. The van der Waals surface area contributed by atoms with Gasteiger partial charge in [-0.25, -0.2) is 0 Å². The van der Waals surface area contributed by atoms with E-state index in [1.165, 1.54) is 0 Å². The van der Waals surface area contributed by atoms with Crippen molar-refractivity contribution in [3.8, 4) is 11.9 Å². The number of hydrogen-bond acceptors (Lipinski definition) is 4. The lowest BCUT2D eigenvalue weighted by Crippen LogP contribution is -2.04. The van der Waals surface area contributed by atoms with E-state index in [4.69, 9.17) is 10.00 Å². The molecule has 1 aromatic carbocycles. The molecular weight excluding hydrogens is 306 g/mol. The lowest BCUT2D eigenvalue weighted by molar-refractivity contribution is 0.288. The first-order valence-corrected chi connectivity index (χ1v) is 6.52. The molecule has 5 heteroatoms. The van der Waals surface area contributed by atoms with Crippen LogP contribution in [0.15, 0.2) is 28.7 Å². The van der Waals surface area contributed by atoms with Gasteiger partial charge in [-0.3, -0.25) is 0 Å². The molecule has 0 bridgehead atoms. The second-order valence-corrected chi connectivity index (χ2v) is 5.03. The zero-order valence-corrected chi connectivity index (χ0v) is 12.2. The molecule has 0 amide bonds. The third kappa shape index (κ3) is 3.09. The number of nitrogens with zero attached hydrogens (tertiary/aromatic N) is 3. The van der Waals surface area contributed by atoms with E-state index in [2.05, 4.69) is 32.2 Å². The van der Waals surface area contributed by atoms with Gasteiger partial charge >= 0.3 is 0 Å². The molecule has 96 valence electrons. The van der Waals surface area contributed by atoms with Gasteiger partial charge in [0.2, 0.25) is 0 Å². The summed E-state index contributed by atoms with van der Waals surface area (Å²) in [5, 5.41) is 17.1. The summed E-state index contributed by atoms with van der Waals surface area (Å²) in [6.45, 7) is 4.02. The Hall–Kier alpha value is -1.93. The van der Waals surface area contributed by atoms with Crippen LogP contribution in [0.3, 0.4) is 0 Å². The molecule has 0 atom stereocenters.